The van der Waals surface area contributed by atoms with E-state index in [2.05, 4.69) is 27.3 Å². The summed E-state index contributed by atoms with van der Waals surface area (Å²) < 4.78 is 13.5. The zero-order valence-electron chi connectivity index (χ0n) is 12.2. The molecule has 2 rings (SSSR count). The van der Waals surface area contributed by atoms with Gasteiger partial charge < -0.3 is 5.32 Å². The number of amides is 1. The van der Waals surface area contributed by atoms with Crippen molar-refractivity contribution in [2.75, 3.05) is 0 Å². The monoisotopic (exact) mass is 349 g/mol. The lowest BCUT2D eigenvalue weighted by atomic mass is 10.00. The molecule has 2 aromatic carbocycles. The van der Waals surface area contributed by atoms with Gasteiger partial charge in [-0.15, -0.1) is 0 Å². The first-order chi connectivity index (χ1) is 9.88. The molecule has 0 aliphatic carbocycles. The van der Waals surface area contributed by atoms with E-state index in [4.69, 9.17) is 0 Å². The summed E-state index contributed by atoms with van der Waals surface area (Å²) in [4.78, 5) is 12.3. The van der Waals surface area contributed by atoms with Crippen molar-refractivity contribution in [3.63, 3.8) is 0 Å². The van der Waals surface area contributed by atoms with Crippen LogP contribution in [0.1, 0.15) is 40.0 Å². The number of hydrogen-bond donors (Lipinski definition) is 1. The first-order valence-electron chi connectivity index (χ1n) is 6.71. The molecule has 0 heterocycles. The summed E-state index contributed by atoms with van der Waals surface area (Å²) in [6.45, 7) is 5.98. The molecule has 0 aliphatic rings. The van der Waals surface area contributed by atoms with E-state index in [-0.39, 0.29) is 17.8 Å². The first kappa shape index (κ1) is 15.7. The molecule has 0 saturated carbocycles. The average Bonchev–Trinajstić information content (AvgIpc) is 2.41. The Balaban J connectivity index is 2.20. The lowest BCUT2D eigenvalue weighted by molar-refractivity contribution is 0.0939. The summed E-state index contributed by atoms with van der Waals surface area (Å²) in [6, 6.07) is 10.1. The SMILES string of the molecule is Cc1ccc(C)c(C(C)NC(=O)c2ccc(F)cc2Br)c1. The number of rotatable bonds is 3. The van der Waals surface area contributed by atoms with E-state index in [1.54, 1.807) is 0 Å². The Morgan fingerprint density at radius 2 is 1.90 bits per heavy atom. The molecule has 2 nitrogen and oxygen atoms in total. The van der Waals surface area contributed by atoms with Gasteiger partial charge in [-0.3, -0.25) is 4.79 Å². The van der Waals surface area contributed by atoms with Gasteiger partial charge in [-0.25, -0.2) is 4.39 Å². The van der Waals surface area contributed by atoms with E-state index in [1.165, 1.54) is 18.2 Å². The fourth-order valence-corrected chi connectivity index (χ4v) is 2.78. The smallest absolute Gasteiger partial charge is 0.252 e. The second-order valence-electron chi connectivity index (χ2n) is 5.18. The summed E-state index contributed by atoms with van der Waals surface area (Å²) >= 11 is 3.22. The quantitative estimate of drug-likeness (QED) is 0.855. The maximum Gasteiger partial charge on any atom is 0.252 e. The van der Waals surface area contributed by atoms with E-state index in [9.17, 15) is 9.18 Å². The fraction of sp³-hybridized carbons (Fsp3) is 0.235. The van der Waals surface area contributed by atoms with Crippen molar-refractivity contribution in [3.8, 4) is 0 Å². The van der Waals surface area contributed by atoms with E-state index >= 15 is 0 Å². The molecule has 1 amide bonds. The van der Waals surface area contributed by atoms with Crippen molar-refractivity contribution in [2.45, 2.75) is 26.8 Å². The highest BCUT2D eigenvalue weighted by atomic mass is 79.9. The van der Waals surface area contributed by atoms with Crippen LogP contribution >= 0.6 is 15.9 Å². The van der Waals surface area contributed by atoms with Crippen molar-refractivity contribution < 1.29 is 9.18 Å². The van der Waals surface area contributed by atoms with Gasteiger partial charge in [-0.05, 0) is 66.0 Å². The van der Waals surface area contributed by atoms with E-state index in [1.807, 2.05) is 32.9 Å². The molecule has 110 valence electrons. The predicted octanol–water partition coefficient (Wildman–Crippen LogP) is 4.70. The lowest BCUT2D eigenvalue weighted by Gasteiger charge is -2.18. The highest BCUT2D eigenvalue weighted by Crippen LogP contribution is 2.22. The van der Waals surface area contributed by atoms with Gasteiger partial charge >= 0.3 is 0 Å². The lowest BCUT2D eigenvalue weighted by Crippen LogP contribution is -2.27. The predicted molar refractivity (Wildman–Crippen MR) is 85.9 cm³/mol. The van der Waals surface area contributed by atoms with Crippen molar-refractivity contribution in [1.29, 1.82) is 0 Å². The second kappa shape index (κ2) is 6.39. The molecule has 0 aliphatic heterocycles. The Kier molecular flexibility index (Phi) is 4.78. The standard InChI is InChI=1S/C17H17BrFNO/c1-10-4-5-11(2)15(8-10)12(3)20-17(21)14-7-6-13(19)9-16(14)18/h4-9,12H,1-3H3,(H,20,21). The number of nitrogens with one attached hydrogen (secondary N) is 1. The fourth-order valence-electron chi connectivity index (χ4n) is 2.25. The molecule has 0 fully saturated rings. The molecule has 2 aromatic rings. The van der Waals surface area contributed by atoms with Gasteiger partial charge in [-0.1, -0.05) is 23.8 Å². The normalized spacial score (nSPS) is 12.0. The first-order valence-corrected chi connectivity index (χ1v) is 7.51. The molecule has 0 bridgehead atoms. The number of carbonyl (C=O) groups excluding carboxylic acids is 1. The maximum atomic E-state index is 13.1. The average molecular weight is 350 g/mol. The molecule has 21 heavy (non-hydrogen) atoms. The Hall–Kier alpha value is -1.68. The van der Waals surface area contributed by atoms with E-state index in [0.717, 1.165) is 16.7 Å². The summed E-state index contributed by atoms with van der Waals surface area (Å²) in [7, 11) is 0. The third-order valence-corrected chi connectivity index (χ3v) is 4.08. The number of aryl methyl sites for hydroxylation is 2. The zero-order valence-corrected chi connectivity index (χ0v) is 13.8. The van der Waals surface area contributed by atoms with Gasteiger partial charge in [0, 0.05) is 4.47 Å². The molecule has 4 heteroatoms. The summed E-state index contributed by atoms with van der Waals surface area (Å²) in [5.74, 6) is -0.601. The Morgan fingerprint density at radius 1 is 1.19 bits per heavy atom. The molecule has 1 atom stereocenters. The third kappa shape index (κ3) is 3.70. The number of halogens is 2. The van der Waals surface area contributed by atoms with Crippen molar-refractivity contribution in [1.82, 2.24) is 5.32 Å². The molecular formula is C17H17BrFNO. The van der Waals surface area contributed by atoms with Crippen LogP contribution < -0.4 is 5.32 Å². The van der Waals surface area contributed by atoms with Crippen LogP contribution in [0.15, 0.2) is 40.9 Å². The Bertz CT molecular complexity index is 684. The van der Waals surface area contributed by atoms with E-state index < -0.39 is 0 Å². The van der Waals surface area contributed by atoms with Crippen LogP contribution in [0.4, 0.5) is 4.39 Å². The van der Waals surface area contributed by atoms with Gasteiger partial charge in [0.15, 0.2) is 0 Å². The zero-order chi connectivity index (χ0) is 15.6. The van der Waals surface area contributed by atoms with Crippen LogP contribution in [0.3, 0.4) is 0 Å². The van der Waals surface area contributed by atoms with Crippen molar-refractivity contribution >= 4 is 21.8 Å². The molecule has 0 radical (unpaired) electrons. The van der Waals surface area contributed by atoms with Gasteiger partial charge in [0.25, 0.3) is 5.91 Å². The molecule has 0 aromatic heterocycles. The summed E-state index contributed by atoms with van der Waals surface area (Å²) in [5, 5.41) is 2.95. The van der Waals surface area contributed by atoms with Gasteiger partial charge in [0.05, 0.1) is 11.6 Å². The topological polar surface area (TPSA) is 29.1 Å². The minimum absolute atomic E-state index is 0.116. The minimum Gasteiger partial charge on any atom is -0.345 e. The Labute approximate surface area is 132 Å². The van der Waals surface area contributed by atoms with Crippen LogP contribution in [-0.4, -0.2) is 5.91 Å². The maximum absolute atomic E-state index is 13.1. The highest BCUT2D eigenvalue weighted by Gasteiger charge is 2.15. The van der Waals surface area contributed by atoms with Gasteiger partial charge in [0.1, 0.15) is 5.82 Å². The van der Waals surface area contributed by atoms with Crippen LogP contribution in [0, 0.1) is 19.7 Å². The Morgan fingerprint density at radius 3 is 2.57 bits per heavy atom. The van der Waals surface area contributed by atoms with E-state index in [0.29, 0.717) is 10.0 Å². The van der Waals surface area contributed by atoms with Gasteiger partial charge in [0.2, 0.25) is 0 Å². The molecular weight excluding hydrogens is 333 g/mol. The van der Waals surface area contributed by atoms with Crippen LogP contribution in [0.2, 0.25) is 0 Å². The van der Waals surface area contributed by atoms with Crippen LogP contribution in [0.25, 0.3) is 0 Å². The second-order valence-corrected chi connectivity index (χ2v) is 6.03. The number of benzene rings is 2. The van der Waals surface area contributed by atoms with Gasteiger partial charge in [-0.2, -0.15) is 0 Å². The number of carbonyl (C=O) groups is 1. The third-order valence-electron chi connectivity index (χ3n) is 3.42. The minimum atomic E-state index is -0.374. The number of hydrogen-bond acceptors (Lipinski definition) is 1. The molecule has 1 N–H and O–H groups in total. The summed E-state index contributed by atoms with van der Waals surface area (Å²) in [6.07, 6.45) is 0. The largest absolute Gasteiger partial charge is 0.345 e. The van der Waals surface area contributed by atoms with Crippen molar-refractivity contribution in [3.05, 3.63) is 68.9 Å². The van der Waals surface area contributed by atoms with Crippen molar-refractivity contribution in [2.24, 2.45) is 0 Å². The highest BCUT2D eigenvalue weighted by molar-refractivity contribution is 9.10. The molecule has 1 unspecified atom stereocenters. The summed E-state index contributed by atoms with van der Waals surface area (Å²) in [5.41, 5.74) is 3.79. The molecule has 0 spiro atoms. The van der Waals surface area contributed by atoms with Crippen LogP contribution in [0.5, 0.6) is 0 Å². The van der Waals surface area contributed by atoms with Crippen LogP contribution in [-0.2, 0) is 0 Å². The molecule has 0 saturated heterocycles.